The zero-order chi connectivity index (χ0) is 7.40. The van der Waals surface area contributed by atoms with Gasteiger partial charge in [-0.1, -0.05) is 6.08 Å². The van der Waals surface area contributed by atoms with Gasteiger partial charge in [0.25, 0.3) is 0 Å². The van der Waals surface area contributed by atoms with Crippen molar-refractivity contribution < 1.29 is 0 Å². The maximum Gasteiger partial charge on any atom is 0.0612 e. The molecule has 0 atom stereocenters. The van der Waals surface area contributed by atoms with E-state index >= 15 is 0 Å². The van der Waals surface area contributed by atoms with Crippen molar-refractivity contribution in [2.45, 2.75) is 6.92 Å². The van der Waals surface area contributed by atoms with Gasteiger partial charge in [0.1, 0.15) is 0 Å². The lowest BCUT2D eigenvalue weighted by Gasteiger charge is -2.01. The highest BCUT2D eigenvalue weighted by Gasteiger charge is 1.94. The monoisotopic (exact) mass is 136 g/mol. The van der Waals surface area contributed by atoms with E-state index in [1.165, 1.54) is 0 Å². The Hall–Kier alpha value is -1.18. The smallest absolute Gasteiger partial charge is 0.0612 e. The maximum absolute atomic E-state index is 3.11. The second-order valence-corrected chi connectivity index (χ2v) is 2.04. The molecule has 0 aliphatic rings. The molecular weight excluding hydrogens is 124 g/mol. The van der Waals surface area contributed by atoms with Crippen molar-refractivity contribution in [2.24, 2.45) is 0 Å². The minimum Gasteiger partial charge on any atom is -0.387 e. The van der Waals surface area contributed by atoms with E-state index in [9.17, 15) is 0 Å². The zero-order valence-corrected chi connectivity index (χ0v) is 6.31. The minimum absolute atomic E-state index is 1.13. The summed E-state index contributed by atoms with van der Waals surface area (Å²) < 4.78 is 0. The highest BCUT2D eigenvalue weighted by Crippen LogP contribution is 2.05. The predicted molar refractivity (Wildman–Crippen MR) is 43.5 cm³/mol. The average molecular weight is 136 g/mol. The first-order chi connectivity index (χ1) is 4.88. The first-order valence-electron chi connectivity index (χ1n) is 3.36. The van der Waals surface area contributed by atoms with Crippen molar-refractivity contribution in [1.82, 2.24) is 10.3 Å². The fourth-order valence-electron chi connectivity index (χ4n) is 0.932. The van der Waals surface area contributed by atoms with E-state index in [1.807, 2.05) is 38.4 Å². The van der Waals surface area contributed by atoms with Crippen LogP contribution in [0.15, 0.2) is 24.4 Å². The summed E-state index contributed by atoms with van der Waals surface area (Å²) in [5.74, 6) is 0. The van der Waals surface area contributed by atoms with Crippen molar-refractivity contribution in [3.05, 3.63) is 30.1 Å². The van der Waals surface area contributed by atoms with Crippen LogP contribution in [0.2, 0.25) is 0 Å². The highest BCUT2D eigenvalue weighted by atomic mass is 14.9. The molecule has 0 bridgehead atoms. The molecule has 54 valence electrons. The standard InChI is InChI=1S/C8H12N2/c1-3-7(9-2)8-5-4-6-10-8/h3-6,9-10H,1-2H3/b7-3-. The van der Waals surface area contributed by atoms with Crippen molar-refractivity contribution in [1.29, 1.82) is 0 Å². The molecule has 0 aromatic carbocycles. The third-order valence-corrected chi connectivity index (χ3v) is 1.45. The number of allylic oxidation sites excluding steroid dienone is 1. The normalized spacial score (nSPS) is 11.6. The van der Waals surface area contributed by atoms with Crippen LogP contribution in [0.25, 0.3) is 5.70 Å². The van der Waals surface area contributed by atoms with E-state index in [-0.39, 0.29) is 0 Å². The molecule has 0 unspecified atom stereocenters. The van der Waals surface area contributed by atoms with Gasteiger partial charge < -0.3 is 10.3 Å². The molecule has 2 nitrogen and oxygen atoms in total. The van der Waals surface area contributed by atoms with Crippen LogP contribution in [-0.2, 0) is 0 Å². The molecular formula is C8H12N2. The summed E-state index contributed by atoms with van der Waals surface area (Å²) in [5.41, 5.74) is 2.26. The molecule has 1 aromatic heterocycles. The van der Waals surface area contributed by atoms with Gasteiger partial charge >= 0.3 is 0 Å². The van der Waals surface area contributed by atoms with Gasteiger partial charge in [-0.15, -0.1) is 0 Å². The Kier molecular flexibility index (Phi) is 2.15. The molecule has 0 saturated heterocycles. The minimum atomic E-state index is 1.13. The summed E-state index contributed by atoms with van der Waals surface area (Å²) in [6.07, 6.45) is 3.95. The zero-order valence-electron chi connectivity index (χ0n) is 6.31. The molecule has 1 aromatic rings. The van der Waals surface area contributed by atoms with E-state index in [0.717, 1.165) is 11.4 Å². The van der Waals surface area contributed by atoms with Crippen molar-refractivity contribution in [3.63, 3.8) is 0 Å². The first kappa shape index (κ1) is 6.93. The quantitative estimate of drug-likeness (QED) is 0.635. The third kappa shape index (κ3) is 1.21. The maximum atomic E-state index is 3.11. The van der Waals surface area contributed by atoms with Gasteiger partial charge in [-0.05, 0) is 19.1 Å². The van der Waals surface area contributed by atoms with Crippen LogP contribution in [0.5, 0.6) is 0 Å². The van der Waals surface area contributed by atoms with Gasteiger partial charge in [0.05, 0.1) is 11.4 Å². The number of hydrogen-bond donors (Lipinski definition) is 2. The van der Waals surface area contributed by atoms with Crippen molar-refractivity contribution in [3.8, 4) is 0 Å². The molecule has 0 amide bonds. The van der Waals surface area contributed by atoms with Gasteiger partial charge in [0.2, 0.25) is 0 Å². The van der Waals surface area contributed by atoms with E-state index in [1.54, 1.807) is 0 Å². The van der Waals surface area contributed by atoms with Crippen LogP contribution < -0.4 is 5.32 Å². The van der Waals surface area contributed by atoms with Crippen LogP contribution in [0.1, 0.15) is 12.6 Å². The summed E-state index contributed by atoms with van der Waals surface area (Å²) in [5, 5.41) is 3.08. The van der Waals surface area contributed by atoms with Gasteiger partial charge in [-0.25, -0.2) is 0 Å². The van der Waals surface area contributed by atoms with Crippen molar-refractivity contribution in [2.75, 3.05) is 7.05 Å². The number of H-pyrrole nitrogens is 1. The van der Waals surface area contributed by atoms with E-state index in [0.29, 0.717) is 0 Å². The number of rotatable bonds is 2. The van der Waals surface area contributed by atoms with Crippen molar-refractivity contribution >= 4 is 5.70 Å². The lowest BCUT2D eigenvalue weighted by molar-refractivity contribution is 1.10. The van der Waals surface area contributed by atoms with Crippen LogP contribution in [0.3, 0.4) is 0 Å². The fourth-order valence-corrected chi connectivity index (χ4v) is 0.932. The predicted octanol–water partition coefficient (Wildman–Crippen LogP) is 1.59. The molecule has 0 fully saturated rings. The summed E-state index contributed by atoms with van der Waals surface area (Å²) in [6.45, 7) is 2.01. The summed E-state index contributed by atoms with van der Waals surface area (Å²) in [4.78, 5) is 3.11. The molecule has 1 heterocycles. The van der Waals surface area contributed by atoms with Gasteiger partial charge in [-0.3, -0.25) is 0 Å². The Bertz CT molecular complexity index is 209. The fraction of sp³-hybridized carbons (Fsp3) is 0.250. The van der Waals surface area contributed by atoms with Crippen LogP contribution in [-0.4, -0.2) is 12.0 Å². The molecule has 1 rings (SSSR count). The van der Waals surface area contributed by atoms with Crippen LogP contribution >= 0.6 is 0 Å². The molecule has 0 aliphatic carbocycles. The number of aromatic nitrogens is 1. The summed E-state index contributed by atoms with van der Waals surface area (Å²) >= 11 is 0. The average Bonchev–Trinajstić information content (AvgIpc) is 2.43. The Labute approximate surface area is 61.0 Å². The second-order valence-electron chi connectivity index (χ2n) is 2.04. The van der Waals surface area contributed by atoms with Crippen LogP contribution in [0, 0.1) is 0 Å². The van der Waals surface area contributed by atoms with E-state index < -0.39 is 0 Å². The largest absolute Gasteiger partial charge is 0.387 e. The highest BCUT2D eigenvalue weighted by molar-refractivity contribution is 5.59. The summed E-state index contributed by atoms with van der Waals surface area (Å²) in [7, 11) is 1.91. The lowest BCUT2D eigenvalue weighted by Crippen LogP contribution is -2.03. The second kappa shape index (κ2) is 3.11. The molecule has 0 aliphatic heterocycles. The lowest BCUT2D eigenvalue weighted by atomic mass is 10.3. The molecule has 0 saturated carbocycles. The molecule has 0 spiro atoms. The topological polar surface area (TPSA) is 27.8 Å². The van der Waals surface area contributed by atoms with Crippen LogP contribution in [0.4, 0.5) is 0 Å². The molecule has 2 N–H and O–H groups in total. The molecule has 0 radical (unpaired) electrons. The van der Waals surface area contributed by atoms with Gasteiger partial charge in [0.15, 0.2) is 0 Å². The Morgan fingerprint density at radius 3 is 2.90 bits per heavy atom. The number of aromatic amines is 1. The Morgan fingerprint density at radius 2 is 2.50 bits per heavy atom. The van der Waals surface area contributed by atoms with Gasteiger partial charge in [0, 0.05) is 13.2 Å². The number of hydrogen-bond acceptors (Lipinski definition) is 1. The summed E-state index contributed by atoms with van der Waals surface area (Å²) in [6, 6.07) is 4.02. The SMILES string of the molecule is C/C=C(\NC)c1ccc[nH]1. The Morgan fingerprint density at radius 1 is 1.70 bits per heavy atom. The number of nitrogens with one attached hydrogen (secondary N) is 2. The molecule has 2 heteroatoms. The first-order valence-corrected chi connectivity index (χ1v) is 3.36. The van der Waals surface area contributed by atoms with E-state index in [2.05, 4.69) is 10.3 Å². The van der Waals surface area contributed by atoms with E-state index in [4.69, 9.17) is 0 Å². The van der Waals surface area contributed by atoms with Gasteiger partial charge in [-0.2, -0.15) is 0 Å². The third-order valence-electron chi connectivity index (χ3n) is 1.45. The molecule has 10 heavy (non-hydrogen) atoms. The Balaban J connectivity index is 2.85.